The second kappa shape index (κ2) is 9.05. The Morgan fingerprint density at radius 1 is 1.16 bits per heavy atom. The molecular formula is C28H38O4. The van der Waals surface area contributed by atoms with E-state index in [1.165, 1.54) is 32.1 Å². The molecule has 4 aliphatic carbocycles. The molecule has 4 heteroatoms. The van der Waals surface area contributed by atoms with E-state index < -0.39 is 5.60 Å². The second-order valence-electron chi connectivity index (χ2n) is 10.9. The van der Waals surface area contributed by atoms with Gasteiger partial charge in [-0.3, -0.25) is 0 Å². The van der Waals surface area contributed by atoms with Gasteiger partial charge in [-0.05, 0) is 107 Å². The monoisotopic (exact) mass is 438 g/mol. The lowest BCUT2D eigenvalue weighted by Crippen LogP contribution is -2.50. The number of hydrogen-bond donors (Lipinski definition) is 0. The van der Waals surface area contributed by atoms with Crippen molar-refractivity contribution in [2.24, 2.45) is 23.7 Å². The smallest absolute Gasteiger partial charge is 0.333 e. The predicted octanol–water partition coefficient (Wildman–Crippen LogP) is 6.34. The highest BCUT2D eigenvalue weighted by Crippen LogP contribution is 2.54. The topological polar surface area (TPSA) is 44.8 Å². The maximum Gasteiger partial charge on any atom is 0.333 e. The van der Waals surface area contributed by atoms with Crippen LogP contribution in [0.1, 0.15) is 70.9 Å². The lowest BCUT2D eigenvalue weighted by Gasteiger charge is -2.54. The van der Waals surface area contributed by atoms with Gasteiger partial charge in [0.15, 0.2) is 6.29 Å². The normalized spacial score (nSPS) is 29.4. The summed E-state index contributed by atoms with van der Waals surface area (Å²) in [6.45, 7) is 15.1. The Balaban J connectivity index is 1.45. The van der Waals surface area contributed by atoms with Gasteiger partial charge in [-0.2, -0.15) is 0 Å². The van der Waals surface area contributed by atoms with Crippen LogP contribution >= 0.6 is 0 Å². The van der Waals surface area contributed by atoms with Crippen LogP contribution in [0.15, 0.2) is 36.9 Å². The lowest BCUT2D eigenvalue weighted by molar-refractivity contribution is -0.191. The van der Waals surface area contributed by atoms with Crippen molar-refractivity contribution in [2.45, 2.75) is 84.2 Å². The fraction of sp³-hybridized carbons (Fsp3) is 0.607. The largest absolute Gasteiger partial charge is 0.465 e. The highest BCUT2D eigenvalue weighted by atomic mass is 16.7. The number of carbonyl (C=O) groups is 1. The van der Waals surface area contributed by atoms with E-state index in [4.69, 9.17) is 14.2 Å². The number of ether oxygens (including phenoxy) is 3. The molecule has 0 heterocycles. The van der Waals surface area contributed by atoms with Gasteiger partial charge < -0.3 is 14.2 Å². The van der Waals surface area contributed by atoms with Crippen molar-refractivity contribution < 1.29 is 19.0 Å². The van der Waals surface area contributed by atoms with Gasteiger partial charge in [0.05, 0.1) is 6.10 Å². The van der Waals surface area contributed by atoms with Gasteiger partial charge in [-0.25, -0.2) is 4.79 Å². The molecule has 1 aromatic carbocycles. The predicted molar refractivity (Wildman–Crippen MR) is 127 cm³/mol. The highest BCUT2D eigenvalue weighted by molar-refractivity contribution is 5.87. The standard InChI is InChI=1S/C28H38O4/c1-7-19-8-9-25(24(11-19)16-28(5,6)32-27(29)17(2)3)30-18(4)31-26-22-12-20-10-21(14-22)15-23(26)13-20/h7-9,11,18,20-23,26H,1-2,10,12-16H2,3-6H3. The Morgan fingerprint density at radius 2 is 1.78 bits per heavy atom. The zero-order valence-corrected chi connectivity index (χ0v) is 20.1. The first kappa shape index (κ1) is 23.1. The number of esters is 1. The Hall–Kier alpha value is -2.07. The van der Waals surface area contributed by atoms with Crippen LogP contribution in [0.4, 0.5) is 0 Å². The first-order valence-corrected chi connectivity index (χ1v) is 12.1. The second-order valence-corrected chi connectivity index (χ2v) is 10.9. The Morgan fingerprint density at radius 3 is 2.34 bits per heavy atom. The summed E-state index contributed by atoms with van der Waals surface area (Å²) in [4.78, 5) is 12.1. The first-order valence-electron chi connectivity index (χ1n) is 12.1. The third-order valence-electron chi connectivity index (χ3n) is 7.44. The summed E-state index contributed by atoms with van der Waals surface area (Å²) in [6, 6.07) is 6.02. The van der Waals surface area contributed by atoms with Crippen molar-refractivity contribution in [3.8, 4) is 5.75 Å². The third kappa shape index (κ3) is 5.11. The summed E-state index contributed by atoms with van der Waals surface area (Å²) in [7, 11) is 0. The molecule has 4 aliphatic rings. The van der Waals surface area contributed by atoms with E-state index in [9.17, 15) is 4.79 Å². The average Bonchev–Trinajstić information content (AvgIpc) is 2.70. The van der Waals surface area contributed by atoms with Gasteiger partial charge in [-0.1, -0.05) is 25.3 Å². The minimum atomic E-state index is -0.695. The lowest BCUT2D eigenvalue weighted by atomic mass is 9.55. The molecular weight excluding hydrogens is 400 g/mol. The molecule has 32 heavy (non-hydrogen) atoms. The summed E-state index contributed by atoms with van der Waals surface area (Å²) in [6.07, 6.45) is 9.07. The van der Waals surface area contributed by atoms with Crippen molar-refractivity contribution in [1.82, 2.24) is 0 Å². The quantitative estimate of drug-likeness (QED) is 0.256. The van der Waals surface area contributed by atoms with Crippen LogP contribution in [0.2, 0.25) is 0 Å². The van der Waals surface area contributed by atoms with Gasteiger partial charge in [0.2, 0.25) is 0 Å². The number of hydrogen-bond acceptors (Lipinski definition) is 4. The van der Waals surface area contributed by atoms with Gasteiger partial charge in [0, 0.05) is 12.0 Å². The molecule has 174 valence electrons. The summed E-state index contributed by atoms with van der Waals surface area (Å²) in [5, 5.41) is 0. The van der Waals surface area contributed by atoms with Gasteiger partial charge in [-0.15, -0.1) is 0 Å². The maximum atomic E-state index is 12.1. The molecule has 0 aliphatic heterocycles. The molecule has 0 N–H and O–H groups in total. The minimum Gasteiger partial charge on any atom is -0.465 e. The van der Waals surface area contributed by atoms with Crippen molar-refractivity contribution in [3.05, 3.63) is 48.1 Å². The molecule has 4 bridgehead atoms. The van der Waals surface area contributed by atoms with Crippen molar-refractivity contribution >= 4 is 12.0 Å². The van der Waals surface area contributed by atoms with Crippen LogP contribution in [-0.4, -0.2) is 24.0 Å². The van der Waals surface area contributed by atoms with E-state index in [-0.39, 0.29) is 12.3 Å². The molecule has 1 atom stereocenters. The summed E-state index contributed by atoms with van der Waals surface area (Å²) >= 11 is 0. The zero-order valence-electron chi connectivity index (χ0n) is 20.1. The number of benzene rings is 1. The van der Waals surface area contributed by atoms with Crippen LogP contribution < -0.4 is 4.74 Å². The summed E-state index contributed by atoms with van der Waals surface area (Å²) < 4.78 is 18.5. The van der Waals surface area contributed by atoms with Gasteiger partial charge in [0.1, 0.15) is 11.4 Å². The molecule has 0 spiro atoms. The molecule has 1 unspecified atom stereocenters. The molecule has 1 aromatic rings. The average molecular weight is 439 g/mol. The van der Waals surface area contributed by atoms with Crippen LogP contribution in [0, 0.1) is 23.7 Å². The van der Waals surface area contributed by atoms with Crippen molar-refractivity contribution in [3.63, 3.8) is 0 Å². The van der Waals surface area contributed by atoms with E-state index in [1.54, 1.807) is 6.92 Å². The summed E-state index contributed by atoms with van der Waals surface area (Å²) in [5.74, 6) is 3.63. The maximum absolute atomic E-state index is 12.1. The summed E-state index contributed by atoms with van der Waals surface area (Å²) in [5.41, 5.74) is 1.68. The minimum absolute atomic E-state index is 0.321. The van der Waals surface area contributed by atoms with Gasteiger partial charge >= 0.3 is 5.97 Å². The number of carbonyl (C=O) groups excluding carboxylic acids is 1. The molecule has 0 radical (unpaired) electrons. The van der Waals surface area contributed by atoms with E-state index in [0.717, 1.165) is 28.7 Å². The molecule has 4 fully saturated rings. The highest BCUT2D eigenvalue weighted by Gasteiger charge is 2.49. The van der Waals surface area contributed by atoms with Crippen LogP contribution in [0.3, 0.4) is 0 Å². The van der Waals surface area contributed by atoms with Gasteiger partial charge in [0.25, 0.3) is 0 Å². The molecule has 0 saturated heterocycles. The van der Waals surface area contributed by atoms with Crippen LogP contribution in [0.25, 0.3) is 6.08 Å². The first-order chi connectivity index (χ1) is 15.1. The fourth-order valence-electron chi connectivity index (χ4n) is 6.34. The molecule has 0 amide bonds. The SMILES string of the molecule is C=Cc1ccc(OC(C)OC2C3CC4CC(C3)CC2C4)c(CC(C)(C)OC(=O)C(=C)C)c1. The molecule has 4 saturated carbocycles. The Bertz CT molecular complexity index is 855. The fourth-order valence-corrected chi connectivity index (χ4v) is 6.34. The molecule has 0 aromatic heterocycles. The van der Waals surface area contributed by atoms with E-state index in [0.29, 0.717) is 29.9 Å². The Labute approximate surface area is 193 Å². The van der Waals surface area contributed by atoms with E-state index in [2.05, 4.69) is 13.2 Å². The van der Waals surface area contributed by atoms with Crippen LogP contribution in [-0.2, 0) is 20.7 Å². The van der Waals surface area contributed by atoms with E-state index in [1.807, 2.05) is 45.0 Å². The zero-order chi connectivity index (χ0) is 23.0. The Kier molecular flexibility index (Phi) is 6.53. The third-order valence-corrected chi connectivity index (χ3v) is 7.44. The van der Waals surface area contributed by atoms with Crippen molar-refractivity contribution in [1.29, 1.82) is 0 Å². The van der Waals surface area contributed by atoms with E-state index >= 15 is 0 Å². The van der Waals surface area contributed by atoms with Crippen LogP contribution in [0.5, 0.6) is 5.75 Å². The number of rotatable bonds is 9. The molecule has 4 nitrogen and oxygen atoms in total. The molecule has 5 rings (SSSR count). The van der Waals surface area contributed by atoms with Crippen molar-refractivity contribution in [2.75, 3.05) is 0 Å².